The zero-order chi connectivity index (χ0) is 20.7. The van der Waals surface area contributed by atoms with Crippen LogP contribution < -0.4 is 16.2 Å². The number of aromatic nitrogens is 1. The first kappa shape index (κ1) is 21.8. The van der Waals surface area contributed by atoms with E-state index in [1.165, 1.54) is 0 Å². The SMILES string of the molecule is CN=C(NCCCCn1c(C)cccc1=O)NC1CN(C(=O)OC(C)(C)C)C1. The minimum Gasteiger partial charge on any atom is -0.444 e. The fourth-order valence-corrected chi connectivity index (χ4v) is 2.95. The van der Waals surface area contributed by atoms with Crippen LogP contribution in [-0.4, -0.2) is 59.8 Å². The standard InChI is InChI=1S/C20H33N5O3/c1-15-9-8-10-17(26)25(15)12-7-6-11-22-18(21-5)23-16-13-24(14-16)19(27)28-20(2,3)4/h8-10,16H,6-7,11-14H2,1-5H3,(H2,21,22,23). The maximum Gasteiger partial charge on any atom is 0.410 e. The Hall–Kier alpha value is -2.51. The Morgan fingerprint density at radius 1 is 1.29 bits per heavy atom. The quantitative estimate of drug-likeness (QED) is 0.438. The van der Waals surface area contributed by atoms with Crippen molar-refractivity contribution >= 4 is 12.1 Å². The number of guanidine groups is 1. The molecule has 1 aliphatic heterocycles. The van der Waals surface area contributed by atoms with Gasteiger partial charge in [0.05, 0.1) is 6.04 Å². The van der Waals surface area contributed by atoms with Crippen LogP contribution in [0.15, 0.2) is 28.0 Å². The molecular weight excluding hydrogens is 358 g/mol. The maximum atomic E-state index is 12.0. The molecule has 0 atom stereocenters. The molecule has 0 saturated carbocycles. The molecule has 2 heterocycles. The lowest BCUT2D eigenvalue weighted by molar-refractivity contribution is 0.00701. The number of hydrogen-bond donors (Lipinski definition) is 2. The number of aryl methyl sites for hydroxylation is 1. The second-order valence-electron chi connectivity index (χ2n) is 8.09. The van der Waals surface area contributed by atoms with Gasteiger partial charge >= 0.3 is 6.09 Å². The van der Waals surface area contributed by atoms with Gasteiger partial charge in [-0.25, -0.2) is 4.79 Å². The van der Waals surface area contributed by atoms with Gasteiger partial charge in [-0.05, 0) is 46.6 Å². The topological polar surface area (TPSA) is 88.0 Å². The van der Waals surface area contributed by atoms with E-state index in [0.717, 1.165) is 31.0 Å². The zero-order valence-corrected chi connectivity index (χ0v) is 17.6. The summed E-state index contributed by atoms with van der Waals surface area (Å²) in [6.45, 7) is 10.2. The van der Waals surface area contributed by atoms with Gasteiger partial charge in [0.15, 0.2) is 5.96 Å². The lowest BCUT2D eigenvalue weighted by atomic mass is 10.1. The number of nitrogens with one attached hydrogen (secondary N) is 2. The lowest BCUT2D eigenvalue weighted by Gasteiger charge is -2.40. The number of carbonyl (C=O) groups excluding carboxylic acids is 1. The number of ether oxygens (including phenoxy) is 1. The maximum absolute atomic E-state index is 12.0. The van der Waals surface area contributed by atoms with Gasteiger partial charge in [0.2, 0.25) is 0 Å². The van der Waals surface area contributed by atoms with E-state index >= 15 is 0 Å². The van der Waals surface area contributed by atoms with Crippen LogP contribution in [0.2, 0.25) is 0 Å². The molecule has 0 spiro atoms. The van der Waals surface area contributed by atoms with E-state index in [4.69, 9.17) is 4.74 Å². The Morgan fingerprint density at radius 2 is 2.00 bits per heavy atom. The van der Waals surface area contributed by atoms with Crippen LogP contribution in [0.4, 0.5) is 4.79 Å². The molecule has 1 fully saturated rings. The van der Waals surface area contributed by atoms with Gasteiger partial charge in [0.1, 0.15) is 5.60 Å². The highest BCUT2D eigenvalue weighted by atomic mass is 16.6. The minimum atomic E-state index is -0.476. The molecule has 0 radical (unpaired) electrons. The summed E-state index contributed by atoms with van der Waals surface area (Å²) in [5.41, 5.74) is 0.554. The summed E-state index contributed by atoms with van der Waals surface area (Å²) in [6.07, 6.45) is 1.56. The van der Waals surface area contributed by atoms with Crippen molar-refractivity contribution < 1.29 is 9.53 Å². The summed E-state index contributed by atoms with van der Waals surface area (Å²) in [6, 6.07) is 5.50. The summed E-state index contributed by atoms with van der Waals surface area (Å²) in [5.74, 6) is 0.724. The zero-order valence-electron chi connectivity index (χ0n) is 17.6. The molecule has 8 heteroatoms. The van der Waals surface area contributed by atoms with Gasteiger partial charge in [-0.15, -0.1) is 0 Å². The predicted molar refractivity (Wildman–Crippen MR) is 111 cm³/mol. The van der Waals surface area contributed by atoms with Crippen LogP contribution in [-0.2, 0) is 11.3 Å². The number of likely N-dealkylation sites (tertiary alicyclic amines) is 1. The van der Waals surface area contributed by atoms with Crippen molar-refractivity contribution in [1.29, 1.82) is 0 Å². The highest BCUT2D eigenvalue weighted by molar-refractivity contribution is 5.80. The Kier molecular flexibility index (Phi) is 7.48. The van der Waals surface area contributed by atoms with Crippen molar-refractivity contribution in [1.82, 2.24) is 20.1 Å². The van der Waals surface area contributed by atoms with Crippen LogP contribution >= 0.6 is 0 Å². The summed E-state index contributed by atoms with van der Waals surface area (Å²) in [4.78, 5) is 29.7. The average Bonchev–Trinajstić information content (AvgIpc) is 2.56. The number of carbonyl (C=O) groups is 1. The minimum absolute atomic E-state index is 0.0463. The molecule has 1 amide bonds. The molecule has 1 aromatic heterocycles. The first-order chi connectivity index (χ1) is 13.2. The van der Waals surface area contributed by atoms with Crippen LogP contribution in [0.3, 0.4) is 0 Å². The third-order valence-corrected chi connectivity index (χ3v) is 4.47. The van der Waals surface area contributed by atoms with Gasteiger partial charge in [-0.2, -0.15) is 0 Å². The second kappa shape index (κ2) is 9.61. The smallest absolute Gasteiger partial charge is 0.410 e. The van der Waals surface area contributed by atoms with E-state index in [1.54, 1.807) is 28.6 Å². The second-order valence-corrected chi connectivity index (χ2v) is 8.09. The van der Waals surface area contributed by atoms with Gasteiger partial charge in [0.25, 0.3) is 5.56 Å². The van der Waals surface area contributed by atoms with Crippen LogP contribution in [0.25, 0.3) is 0 Å². The van der Waals surface area contributed by atoms with Crippen molar-refractivity contribution in [2.24, 2.45) is 4.99 Å². The molecule has 0 aromatic carbocycles. The Bertz CT molecular complexity index is 745. The van der Waals surface area contributed by atoms with Crippen molar-refractivity contribution in [2.75, 3.05) is 26.7 Å². The van der Waals surface area contributed by atoms with Crippen molar-refractivity contribution in [3.05, 3.63) is 34.2 Å². The Balaban J connectivity index is 1.64. The molecular formula is C20H33N5O3. The number of hydrogen-bond acceptors (Lipinski definition) is 4. The first-order valence-corrected chi connectivity index (χ1v) is 9.81. The first-order valence-electron chi connectivity index (χ1n) is 9.81. The fourth-order valence-electron chi connectivity index (χ4n) is 2.95. The lowest BCUT2D eigenvalue weighted by Crippen LogP contribution is -2.63. The number of amides is 1. The van der Waals surface area contributed by atoms with E-state index in [9.17, 15) is 9.59 Å². The predicted octanol–water partition coefficient (Wildman–Crippen LogP) is 1.72. The molecule has 1 aliphatic rings. The molecule has 1 saturated heterocycles. The van der Waals surface area contributed by atoms with Crippen molar-refractivity contribution in [3.63, 3.8) is 0 Å². The van der Waals surface area contributed by atoms with Crippen molar-refractivity contribution in [3.8, 4) is 0 Å². The molecule has 28 heavy (non-hydrogen) atoms. The number of pyridine rings is 1. The Morgan fingerprint density at radius 3 is 2.61 bits per heavy atom. The van der Waals surface area contributed by atoms with E-state index < -0.39 is 5.60 Å². The van der Waals surface area contributed by atoms with Gasteiger partial charge in [-0.3, -0.25) is 9.79 Å². The molecule has 0 aliphatic carbocycles. The summed E-state index contributed by atoms with van der Waals surface area (Å²) in [7, 11) is 1.73. The third kappa shape index (κ3) is 6.58. The summed E-state index contributed by atoms with van der Waals surface area (Å²) >= 11 is 0. The van der Waals surface area contributed by atoms with E-state index in [-0.39, 0.29) is 17.7 Å². The van der Waals surface area contributed by atoms with Gasteiger partial charge in [0, 0.05) is 45.0 Å². The van der Waals surface area contributed by atoms with Gasteiger partial charge < -0.3 is 24.8 Å². The highest BCUT2D eigenvalue weighted by Gasteiger charge is 2.34. The number of rotatable bonds is 6. The normalized spacial score (nSPS) is 15.2. The molecule has 0 unspecified atom stereocenters. The van der Waals surface area contributed by atoms with Crippen LogP contribution in [0.5, 0.6) is 0 Å². The summed E-state index contributed by atoms with van der Waals surface area (Å²) < 4.78 is 7.15. The highest BCUT2D eigenvalue weighted by Crippen LogP contribution is 2.15. The largest absolute Gasteiger partial charge is 0.444 e. The monoisotopic (exact) mass is 391 g/mol. The van der Waals surface area contributed by atoms with Crippen LogP contribution in [0.1, 0.15) is 39.3 Å². The summed E-state index contributed by atoms with van der Waals surface area (Å²) in [5, 5.41) is 6.60. The van der Waals surface area contributed by atoms with E-state index in [1.807, 2.05) is 33.8 Å². The molecule has 2 rings (SSSR count). The van der Waals surface area contributed by atoms with E-state index in [0.29, 0.717) is 19.6 Å². The number of aliphatic imine (C=N–C) groups is 1. The van der Waals surface area contributed by atoms with Crippen LogP contribution in [0, 0.1) is 6.92 Å². The molecule has 0 bridgehead atoms. The Labute approximate surface area is 167 Å². The number of unbranched alkanes of at least 4 members (excludes halogenated alkanes) is 1. The molecule has 2 N–H and O–H groups in total. The van der Waals surface area contributed by atoms with Crippen molar-refractivity contribution in [2.45, 2.75) is 58.7 Å². The molecule has 1 aromatic rings. The number of nitrogens with zero attached hydrogens (tertiary/aromatic N) is 3. The third-order valence-electron chi connectivity index (χ3n) is 4.47. The molecule has 156 valence electrons. The fraction of sp³-hybridized carbons (Fsp3) is 0.650. The van der Waals surface area contributed by atoms with E-state index in [2.05, 4.69) is 15.6 Å². The molecule has 8 nitrogen and oxygen atoms in total. The average molecular weight is 392 g/mol. The van der Waals surface area contributed by atoms with Gasteiger partial charge in [-0.1, -0.05) is 6.07 Å².